The molecule has 0 unspecified atom stereocenters. The second-order valence-corrected chi connectivity index (χ2v) is 10.2. The largest absolute Gasteiger partial charge is 0.206 e. The molecule has 0 bridgehead atoms. The number of unbranched alkanes of at least 4 members (excludes halogenated alkanes) is 2. The number of aryl methyl sites for hydroxylation is 2. The zero-order valence-electron chi connectivity index (χ0n) is 20.6. The third kappa shape index (κ3) is 5.50. The highest BCUT2D eigenvalue weighted by Gasteiger charge is 2.21. The van der Waals surface area contributed by atoms with Crippen LogP contribution in [-0.2, 0) is 12.8 Å². The summed E-state index contributed by atoms with van der Waals surface area (Å²) >= 11 is 0. The SMILES string of the molecule is CCCCCc1cc2ccc(-c3ccc(CCC4CCC(CC)CC4)cc3)c(F)c2c(F)c1F. The number of halogens is 3. The first-order chi connectivity index (χ1) is 16.5. The maximum atomic E-state index is 15.4. The highest BCUT2D eigenvalue weighted by atomic mass is 19.2. The van der Waals surface area contributed by atoms with Crippen molar-refractivity contribution in [2.45, 2.75) is 84.5 Å². The van der Waals surface area contributed by atoms with Crippen molar-refractivity contribution in [1.82, 2.24) is 0 Å². The minimum atomic E-state index is -1.07. The summed E-state index contributed by atoms with van der Waals surface area (Å²) in [5, 5.41) is 0.169. The Morgan fingerprint density at radius 1 is 0.735 bits per heavy atom. The van der Waals surface area contributed by atoms with Crippen LogP contribution in [0.15, 0.2) is 42.5 Å². The summed E-state index contributed by atoms with van der Waals surface area (Å²) in [6.07, 6.45) is 12.2. The molecule has 0 atom stereocenters. The fraction of sp³-hybridized carbons (Fsp3) is 0.484. The maximum absolute atomic E-state index is 15.4. The fourth-order valence-corrected chi connectivity index (χ4v) is 5.56. The van der Waals surface area contributed by atoms with E-state index in [0.29, 0.717) is 28.5 Å². The Labute approximate surface area is 202 Å². The zero-order valence-corrected chi connectivity index (χ0v) is 20.6. The molecule has 0 N–H and O–H groups in total. The first kappa shape index (κ1) is 24.8. The summed E-state index contributed by atoms with van der Waals surface area (Å²) in [7, 11) is 0. The molecule has 1 aliphatic carbocycles. The predicted molar refractivity (Wildman–Crippen MR) is 137 cm³/mol. The number of benzene rings is 3. The van der Waals surface area contributed by atoms with Crippen molar-refractivity contribution in [3.8, 4) is 11.1 Å². The van der Waals surface area contributed by atoms with Crippen LogP contribution in [0, 0.1) is 29.3 Å². The van der Waals surface area contributed by atoms with Crippen molar-refractivity contribution in [3.63, 3.8) is 0 Å². The lowest BCUT2D eigenvalue weighted by atomic mass is 9.78. The third-order valence-electron chi connectivity index (χ3n) is 7.90. The molecule has 34 heavy (non-hydrogen) atoms. The molecule has 1 saturated carbocycles. The molecule has 3 aromatic carbocycles. The van der Waals surface area contributed by atoms with Gasteiger partial charge in [0.1, 0.15) is 5.82 Å². The Hall–Kier alpha value is -2.29. The fourth-order valence-electron chi connectivity index (χ4n) is 5.56. The van der Waals surface area contributed by atoms with E-state index in [1.165, 1.54) is 44.1 Å². The van der Waals surface area contributed by atoms with Gasteiger partial charge in [-0.2, -0.15) is 0 Å². The van der Waals surface area contributed by atoms with Crippen LogP contribution < -0.4 is 0 Å². The van der Waals surface area contributed by atoms with Crippen molar-refractivity contribution >= 4 is 10.8 Å². The van der Waals surface area contributed by atoms with Gasteiger partial charge in [-0.05, 0) is 65.7 Å². The highest BCUT2D eigenvalue weighted by molar-refractivity contribution is 5.89. The summed E-state index contributed by atoms with van der Waals surface area (Å²) in [5.41, 5.74) is 2.59. The Balaban J connectivity index is 1.49. The van der Waals surface area contributed by atoms with Gasteiger partial charge < -0.3 is 0 Å². The molecule has 0 amide bonds. The molecule has 0 saturated heterocycles. The Bertz CT molecular complexity index is 1090. The molecule has 0 aliphatic heterocycles. The standard InChI is InChI=1S/C31H37F3/c1-3-5-6-7-26-20-25-18-19-27(30(33)28(25)31(34)29(26)32)24-16-14-23(15-17-24)13-12-22-10-8-21(4-2)9-11-22/h14-22H,3-13H2,1-2H3. The molecule has 0 heterocycles. The Morgan fingerprint density at radius 3 is 2.12 bits per heavy atom. The van der Waals surface area contributed by atoms with E-state index in [1.807, 2.05) is 24.3 Å². The van der Waals surface area contributed by atoms with Crippen LogP contribution in [0.5, 0.6) is 0 Å². The molecular weight excluding hydrogens is 429 g/mol. The summed E-state index contributed by atoms with van der Waals surface area (Å²) in [6.45, 7) is 4.36. The molecule has 182 valence electrons. The maximum Gasteiger partial charge on any atom is 0.169 e. The Morgan fingerprint density at radius 2 is 1.44 bits per heavy atom. The summed E-state index contributed by atoms with van der Waals surface area (Å²) in [5.74, 6) is -0.946. The van der Waals surface area contributed by atoms with Crippen molar-refractivity contribution < 1.29 is 13.2 Å². The molecule has 4 rings (SSSR count). The molecule has 0 radical (unpaired) electrons. The summed E-state index contributed by atoms with van der Waals surface area (Å²) in [4.78, 5) is 0. The molecular formula is C31H37F3. The van der Waals surface area contributed by atoms with E-state index in [0.717, 1.165) is 37.5 Å². The van der Waals surface area contributed by atoms with Gasteiger partial charge in [-0.1, -0.05) is 95.2 Å². The lowest BCUT2D eigenvalue weighted by Gasteiger charge is -2.27. The van der Waals surface area contributed by atoms with E-state index in [4.69, 9.17) is 0 Å². The second kappa shape index (κ2) is 11.4. The summed E-state index contributed by atoms with van der Waals surface area (Å²) in [6, 6.07) is 12.9. The van der Waals surface area contributed by atoms with Gasteiger partial charge in [0.15, 0.2) is 11.6 Å². The van der Waals surface area contributed by atoms with Crippen molar-refractivity contribution in [2.24, 2.45) is 11.8 Å². The smallest absolute Gasteiger partial charge is 0.169 e. The van der Waals surface area contributed by atoms with Gasteiger partial charge in [0.05, 0.1) is 5.39 Å². The van der Waals surface area contributed by atoms with Gasteiger partial charge in [0.25, 0.3) is 0 Å². The minimum absolute atomic E-state index is 0.249. The average Bonchev–Trinajstić information content (AvgIpc) is 2.86. The van der Waals surface area contributed by atoms with Crippen LogP contribution in [-0.4, -0.2) is 0 Å². The third-order valence-corrected chi connectivity index (χ3v) is 7.90. The molecule has 1 fully saturated rings. The van der Waals surface area contributed by atoms with Crippen LogP contribution in [0.3, 0.4) is 0 Å². The normalized spacial score (nSPS) is 18.5. The van der Waals surface area contributed by atoms with Gasteiger partial charge in [0.2, 0.25) is 0 Å². The van der Waals surface area contributed by atoms with E-state index in [2.05, 4.69) is 13.8 Å². The van der Waals surface area contributed by atoms with Crippen LogP contribution in [0.4, 0.5) is 13.2 Å². The molecule has 0 spiro atoms. The molecule has 0 aromatic heterocycles. The quantitative estimate of drug-likeness (QED) is 0.275. The monoisotopic (exact) mass is 466 g/mol. The minimum Gasteiger partial charge on any atom is -0.206 e. The highest BCUT2D eigenvalue weighted by Crippen LogP contribution is 2.35. The number of hydrogen-bond acceptors (Lipinski definition) is 0. The average molecular weight is 467 g/mol. The van der Waals surface area contributed by atoms with Crippen LogP contribution >= 0.6 is 0 Å². The van der Waals surface area contributed by atoms with Crippen LogP contribution in [0.1, 0.15) is 82.8 Å². The first-order valence-electron chi connectivity index (χ1n) is 13.2. The van der Waals surface area contributed by atoms with Gasteiger partial charge in [-0.3, -0.25) is 0 Å². The van der Waals surface area contributed by atoms with Gasteiger partial charge in [0, 0.05) is 5.56 Å². The van der Waals surface area contributed by atoms with Gasteiger partial charge >= 0.3 is 0 Å². The van der Waals surface area contributed by atoms with Crippen molar-refractivity contribution in [2.75, 3.05) is 0 Å². The van der Waals surface area contributed by atoms with Gasteiger partial charge in [-0.25, -0.2) is 13.2 Å². The number of rotatable bonds is 9. The van der Waals surface area contributed by atoms with Crippen molar-refractivity contribution in [3.05, 3.63) is 71.0 Å². The molecule has 0 nitrogen and oxygen atoms in total. The Kier molecular flexibility index (Phi) is 8.34. The molecule has 3 aromatic rings. The lowest BCUT2D eigenvalue weighted by Crippen LogP contribution is -2.14. The van der Waals surface area contributed by atoms with Crippen LogP contribution in [0.2, 0.25) is 0 Å². The second-order valence-electron chi connectivity index (χ2n) is 10.2. The topological polar surface area (TPSA) is 0 Å². The number of fused-ring (bicyclic) bond motifs is 1. The predicted octanol–water partition coefficient (Wildman–Crippen LogP) is 9.81. The van der Waals surface area contributed by atoms with E-state index >= 15 is 4.39 Å². The molecule has 3 heteroatoms. The van der Waals surface area contributed by atoms with Gasteiger partial charge in [-0.15, -0.1) is 0 Å². The number of hydrogen-bond donors (Lipinski definition) is 0. The molecule has 1 aliphatic rings. The van der Waals surface area contributed by atoms with Crippen molar-refractivity contribution in [1.29, 1.82) is 0 Å². The first-order valence-corrected chi connectivity index (χ1v) is 13.2. The van der Waals surface area contributed by atoms with E-state index in [-0.39, 0.29) is 5.39 Å². The van der Waals surface area contributed by atoms with E-state index in [9.17, 15) is 8.78 Å². The zero-order chi connectivity index (χ0) is 24.1. The lowest BCUT2D eigenvalue weighted by molar-refractivity contribution is 0.259. The van der Waals surface area contributed by atoms with E-state index < -0.39 is 17.5 Å². The van der Waals surface area contributed by atoms with Crippen LogP contribution in [0.25, 0.3) is 21.9 Å². The van der Waals surface area contributed by atoms with E-state index in [1.54, 1.807) is 18.2 Å². The summed E-state index contributed by atoms with van der Waals surface area (Å²) < 4.78 is 44.9.